The molecule has 1 aliphatic heterocycles. The highest BCUT2D eigenvalue weighted by molar-refractivity contribution is 6.33. The number of hydrogen-bond acceptors (Lipinski definition) is 6. The number of benzene rings is 2. The van der Waals surface area contributed by atoms with Gasteiger partial charge < -0.3 is 14.4 Å². The van der Waals surface area contributed by atoms with E-state index in [9.17, 15) is 4.79 Å². The molecule has 0 spiro atoms. The van der Waals surface area contributed by atoms with Crippen molar-refractivity contribution in [3.8, 4) is 17.1 Å². The molecule has 2 aromatic heterocycles. The summed E-state index contributed by atoms with van der Waals surface area (Å²) in [5, 5.41) is 7.81. The molecule has 1 atom stereocenters. The van der Waals surface area contributed by atoms with E-state index in [1.165, 1.54) is 0 Å². The topological polar surface area (TPSA) is 89.1 Å². The number of aryl methyl sites for hydroxylation is 1. The fourth-order valence-corrected chi connectivity index (χ4v) is 4.75. The summed E-state index contributed by atoms with van der Waals surface area (Å²) in [6.45, 7) is 4.47. The van der Waals surface area contributed by atoms with Gasteiger partial charge in [0.1, 0.15) is 5.82 Å². The molecule has 0 radical (unpaired) electrons. The van der Waals surface area contributed by atoms with Gasteiger partial charge in [-0.25, -0.2) is 4.98 Å². The van der Waals surface area contributed by atoms with Crippen molar-refractivity contribution < 1.29 is 9.32 Å². The van der Waals surface area contributed by atoms with Crippen molar-refractivity contribution in [3.63, 3.8) is 0 Å². The van der Waals surface area contributed by atoms with Crippen molar-refractivity contribution >= 4 is 17.5 Å². The number of rotatable bonds is 7. The lowest BCUT2D eigenvalue weighted by Crippen LogP contribution is -2.42. The van der Waals surface area contributed by atoms with Crippen molar-refractivity contribution in [2.45, 2.75) is 32.9 Å². The number of para-hydroxylation sites is 1. The monoisotopic (exact) mass is 490 g/mol. The maximum absolute atomic E-state index is 13.0. The maximum Gasteiger partial charge on any atom is 0.241 e. The lowest BCUT2D eigenvalue weighted by Gasteiger charge is -2.31. The minimum Gasteiger partial charge on any atom is -0.352 e. The lowest BCUT2D eigenvalue weighted by molar-refractivity contribution is -0.127. The van der Waals surface area contributed by atoms with Gasteiger partial charge in [-0.15, -0.1) is 0 Å². The fraction of sp³-hybridized carbons (Fsp3) is 0.308. The molecular formula is C26H27ClN6O2. The molecular weight excluding hydrogens is 464 g/mol. The number of halogens is 1. The Morgan fingerprint density at radius 3 is 2.86 bits per heavy atom. The predicted octanol–water partition coefficient (Wildman–Crippen LogP) is 4.41. The summed E-state index contributed by atoms with van der Waals surface area (Å²) >= 11 is 6.25. The maximum atomic E-state index is 13.0. The van der Waals surface area contributed by atoms with Gasteiger partial charge in [0.15, 0.2) is 0 Å². The number of hydrogen-bond donors (Lipinski definition) is 1. The fourth-order valence-electron chi connectivity index (χ4n) is 4.53. The number of nitrogens with one attached hydrogen (secondary N) is 1. The Morgan fingerprint density at radius 2 is 2.03 bits per heavy atom. The quantitative estimate of drug-likeness (QED) is 0.412. The van der Waals surface area contributed by atoms with Gasteiger partial charge in [-0.2, -0.15) is 4.98 Å². The third kappa shape index (κ3) is 5.28. The molecule has 4 aromatic rings. The third-order valence-electron chi connectivity index (χ3n) is 6.35. The third-order valence-corrected chi connectivity index (χ3v) is 6.68. The number of piperidine rings is 1. The van der Waals surface area contributed by atoms with Crippen molar-refractivity contribution in [1.29, 1.82) is 0 Å². The van der Waals surface area contributed by atoms with Gasteiger partial charge in [0.2, 0.25) is 17.6 Å². The van der Waals surface area contributed by atoms with Gasteiger partial charge in [0, 0.05) is 31.0 Å². The van der Waals surface area contributed by atoms with E-state index < -0.39 is 0 Å². The van der Waals surface area contributed by atoms with Crippen molar-refractivity contribution in [3.05, 3.63) is 83.2 Å². The van der Waals surface area contributed by atoms with Gasteiger partial charge in [0.05, 0.1) is 23.2 Å². The minimum absolute atomic E-state index is 0.0640. The zero-order chi connectivity index (χ0) is 24.2. The van der Waals surface area contributed by atoms with E-state index >= 15 is 0 Å². The first-order valence-corrected chi connectivity index (χ1v) is 12.1. The first-order chi connectivity index (χ1) is 17.1. The van der Waals surface area contributed by atoms with Crippen LogP contribution in [0.15, 0.2) is 65.4 Å². The molecule has 0 bridgehead atoms. The molecule has 35 heavy (non-hydrogen) atoms. The number of nitrogens with zero attached hydrogens (tertiary/aromatic N) is 5. The van der Waals surface area contributed by atoms with E-state index in [-0.39, 0.29) is 11.8 Å². The first kappa shape index (κ1) is 23.3. The highest BCUT2D eigenvalue weighted by atomic mass is 35.5. The summed E-state index contributed by atoms with van der Waals surface area (Å²) in [7, 11) is 0. The summed E-state index contributed by atoms with van der Waals surface area (Å²) in [6.07, 6.45) is 5.51. The minimum atomic E-state index is -0.0862. The van der Waals surface area contributed by atoms with E-state index in [4.69, 9.17) is 16.1 Å². The first-order valence-electron chi connectivity index (χ1n) is 11.7. The molecule has 180 valence electrons. The SMILES string of the molecule is Cc1nccn1-c1ccccc1CNC(=O)C1CCCN(Cc2nc(-c3ccccc3Cl)no2)C1. The van der Waals surface area contributed by atoms with Crippen LogP contribution in [0.2, 0.25) is 5.02 Å². The van der Waals surface area contributed by atoms with Gasteiger partial charge in [-0.3, -0.25) is 9.69 Å². The average molecular weight is 491 g/mol. The molecule has 1 N–H and O–H groups in total. The van der Waals surface area contributed by atoms with Crippen LogP contribution in [0.3, 0.4) is 0 Å². The number of imidazole rings is 1. The van der Waals surface area contributed by atoms with E-state index in [0.29, 0.717) is 36.4 Å². The molecule has 2 aromatic carbocycles. The molecule has 8 nitrogen and oxygen atoms in total. The van der Waals surface area contributed by atoms with Crippen LogP contribution in [0.25, 0.3) is 17.1 Å². The van der Waals surface area contributed by atoms with Crippen molar-refractivity contribution in [2.75, 3.05) is 13.1 Å². The summed E-state index contributed by atoms with van der Waals surface area (Å²) in [5.41, 5.74) is 2.82. The summed E-state index contributed by atoms with van der Waals surface area (Å²) in [4.78, 5) is 24.1. The number of amides is 1. The van der Waals surface area contributed by atoms with Crippen LogP contribution in [0.4, 0.5) is 0 Å². The van der Waals surface area contributed by atoms with Crippen LogP contribution in [0, 0.1) is 12.8 Å². The number of carbonyl (C=O) groups excluding carboxylic acids is 1. The van der Waals surface area contributed by atoms with E-state index in [2.05, 4.69) is 25.3 Å². The van der Waals surface area contributed by atoms with Gasteiger partial charge >= 0.3 is 0 Å². The van der Waals surface area contributed by atoms with Crippen LogP contribution in [0.1, 0.15) is 30.1 Å². The molecule has 1 amide bonds. The summed E-state index contributed by atoms with van der Waals surface area (Å²) in [5.74, 6) is 1.88. The molecule has 9 heteroatoms. The largest absolute Gasteiger partial charge is 0.352 e. The Bertz CT molecular complexity index is 1320. The van der Waals surface area contributed by atoms with E-state index in [1.807, 2.05) is 60.2 Å². The number of likely N-dealkylation sites (tertiary alicyclic amines) is 1. The van der Waals surface area contributed by atoms with Crippen LogP contribution in [-0.2, 0) is 17.9 Å². The number of aromatic nitrogens is 4. The second-order valence-corrected chi connectivity index (χ2v) is 9.16. The van der Waals surface area contributed by atoms with Crippen LogP contribution >= 0.6 is 11.6 Å². The lowest BCUT2D eigenvalue weighted by atomic mass is 9.97. The Labute approximate surface area is 208 Å². The van der Waals surface area contributed by atoms with Gasteiger partial charge in [-0.1, -0.05) is 47.1 Å². The van der Waals surface area contributed by atoms with Crippen LogP contribution < -0.4 is 5.32 Å². The summed E-state index contributed by atoms with van der Waals surface area (Å²) < 4.78 is 7.50. The Hall–Kier alpha value is -3.49. The normalized spacial score (nSPS) is 16.3. The zero-order valence-electron chi connectivity index (χ0n) is 19.5. The highest BCUT2D eigenvalue weighted by Crippen LogP contribution is 2.26. The number of carbonyl (C=O) groups is 1. The predicted molar refractivity (Wildman–Crippen MR) is 133 cm³/mol. The Balaban J connectivity index is 1.19. The Kier molecular flexibility index (Phi) is 6.92. The molecule has 5 rings (SSSR count). The Morgan fingerprint density at radius 1 is 1.20 bits per heavy atom. The van der Waals surface area contributed by atoms with Crippen molar-refractivity contribution in [1.82, 2.24) is 29.9 Å². The second-order valence-electron chi connectivity index (χ2n) is 8.76. The molecule has 1 saturated heterocycles. The van der Waals surface area contributed by atoms with Crippen LogP contribution in [-0.4, -0.2) is 43.6 Å². The molecule has 1 fully saturated rings. The standard InChI is InChI=1S/C26H27ClN6O2/c1-18-28-12-14-33(18)23-11-5-2-7-19(23)15-29-26(34)20-8-6-13-32(16-20)17-24-30-25(31-35-24)21-9-3-4-10-22(21)27/h2-5,7,9-12,14,20H,6,8,13,15-17H2,1H3,(H,29,34). The van der Waals surface area contributed by atoms with E-state index in [0.717, 1.165) is 42.0 Å². The van der Waals surface area contributed by atoms with Crippen molar-refractivity contribution in [2.24, 2.45) is 5.92 Å². The smallest absolute Gasteiger partial charge is 0.241 e. The molecule has 1 aliphatic rings. The van der Waals surface area contributed by atoms with E-state index in [1.54, 1.807) is 12.3 Å². The molecule has 1 unspecified atom stereocenters. The highest BCUT2D eigenvalue weighted by Gasteiger charge is 2.27. The molecule has 3 heterocycles. The van der Waals surface area contributed by atoms with Gasteiger partial charge in [0.25, 0.3) is 0 Å². The van der Waals surface area contributed by atoms with Gasteiger partial charge in [-0.05, 0) is 50.1 Å². The average Bonchev–Trinajstić information content (AvgIpc) is 3.52. The second kappa shape index (κ2) is 10.4. The van der Waals surface area contributed by atoms with Crippen LogP contribution in [0.5, 0.6) is 0 Å². The summed E-state index contributed by atoms with van der Waals surface area (Å²) in [6, 6.07) is 15.5. The zero-order valence-corrected chi connectivity index (χ0v) is 20.3. The molecule has 0 saturated carbocycles. The molecule has 0 aliphatic carbocycles.